The predicted octanol–water partition coefficient (Wildman–Crippen LogP) is 3.04. The Balaban J connectivity index is 2.14. The monoisotopic (exact) mass is 194 g/mol. The average Bonchev–Trinajstić information content (AvgIpc) is 2.87. The van der Waals surface area contributed by atoms with E-state index in [2.05, 4.69) is 38.1 Å². The SMILES string of the molecule is CCSc1ccc(C2(C)CO2)cc1. The van der Waals surface area contributed by atoms with Crippen molar-refractivity contribution in [1.29, 1.82) is 0 Å². The minimum Gasteiger partial charge on any atom is -0.365 e. The van der Waals surface area contributed by atoms with Gasteiger partial charge in [0.1, 0.15) is 5.60 Å². The van der Waals surface area contributed by atoms with Crippen LogP contribution in [0.25, 0.3) is 0 Å². The normalized spacial score (nSPS) is 26.0. The van der Waals surface area contributed by atoms with E-state index in [0.717, 1.165) is 12.4 Å². The number of epoxide rings is 1. The topological polar surface area (TPSA) is 12.5 Å². The third-order valence-electron chi connectivity index (χ3n) is 2.35. The lowest BCUT2D eigenvalue weighted by atomic mass is 10.0. The van der Waals surface area contributed by atoms with E-state index in [4.69, 9.17) is 4.74 Å². The van der Waals surface area contributed by atoms with E-state index >= 15 is 0 Å². The van der Waals surface area contributed by atoms with Crippen LogP contribution < -0.4 is 0 Å². The maximum absolute atomic E-state index is 5.38. The highest BCUT2D eigenvalue weighted by atomic mass is 32.2. The summed E-state index contributed by atoms with van der Waals surface area (Å²) >= 11 is 1.87. The van der Waals surface area contributed by atoms with Gasteiger partial charge in [0.05, 0.1) is 6.61 Å². The summed E-state index contributed by atoms with van der Waals surface area (Å²) in [5.41, 5.74) is 1.32. The molecule has 0 N–H and O–H groups in total. The first-order chi connectivity index (χ1) is 6.24. The molecule has 0 spiro atoms. The van der Waals surface area contributed by atoms with Crippen LogP contribution in [0.5, 0.6) is 0 Å². The first-order valence-corrected chi connectivity index (χ1v) is 5.60. The van der Waals surface area contributed by atoms with Crippen LogP contribution in [0.4, 0.5) is 0 Å². The van der Waals surface area contributed by atoms with Crippen molar-refractivity contribution in [3.8, 4) is 0 Å². The van der Waals surface area contributed by atoms with Crippen molar-refractivity contribution in [3.05, 3.63) is 29.8 Å². The van der Waals surface area contributed by atoms with Crippen LogP contribution in [0.3, 0.4) is 0 Å². The molecule has 13 heavy (non-hydrogen) atoms. The zero-order valence-electron chi connectivity index (χ0n) is 8.04. The van der Waals surface area contributed by atoms with Crippen LogP contribution in [-0.4, -0.2) is 12.4 Å². The third kappa shape index (κ3) is 1.89. The molecule has 0 aromatic heterocycles. The van der Waals surface area contributed by atoms with Crippen molar-refractivity contribution in [2.75, 3.05) is 12.4 Å². The smallest absolute Gasteiger partial charge is 0.114 e. The van der Waals surface area contributed by atoms with Gasteiger partial charge in [-0.15, -0.1) is 11.8 Å². The van der Waals surface area contributed by atoms with E-state index in [1.54, 1.807) is 0 Å². The molecule has 0 amide bonds. The molecular weight excluding hydrogens is 180 g/mol. The maximum atomic E-state index is 5.38. The number of ether oxygens (including phenoxy) is 1. The lowest BCUT2D eigenvalue weighted by Crippen LogP contribution is -2.00. The van der Waals surface area contributed by atoms with Crippen molar-refractivity contribution in [1.82, 2.24) is 0 Å². The minimum atomic E-state index is 0.0232. The van der Waals surface area contributed by atoms with Crippen molar-refractivity contribution >= 4 is 11.8 Å². The fraction of sp³-hybridized carbons (Fsp3) is 0.455. The second-order valence-electron chi connectivity index (χ2n) is 3.48. The third-order valence-corrected chi connectivity index (χ3v) is 3.25. The molecule has 1 aliphatic heterocycles. The largest absolute Gasteiger partial charge is 0.365 e. The van der Waals surface area contributed by atoms with E-state index in [1.165, 1.54) is 10.5 Å². The molecule has 1 fully saturated rings. The van der Waals surface area contributed by atoms with Crippen molar-refractivity contribution in [3.63, 3.8) is 0 Å². The summed E-state index contributed by atoms with van der Waals surface area (Å²) in [6.45, 7) is 5.17. The van der Waals surface area contributed by atoms with Crippen molar-refractivity contribution in [2.24, 2.45) is 0 Å². The van der Waals surface area contributed by atoms with Gasteiger partial charge in [-0.2, -0.15) is 0 Å². The maximum Gasteiger partial charge on any atom is 0.114 e. The fourth-order valence-corrected chi connectivity index (χ4v) is 2.01. The molecule has 2 rings (SSSR count). The van der Waals surface area contributed by atoms with Crippen LogP contribution >= 0.6 is 11.8 Å². The Morgan fingerprint density at radius 2 is 2.00 bits per heavy atom. The molecule has 0 bridgehead atoms. The molecule has 1 nitrogen and oxygen atoms in total. The van der Waals surface area contributed by atoms with Crippen LogP contribution in [0.15, 0.2) is 29.2 Å². The lowest BCUT2D eigenvalue weighted by molar-refractivity contribution is 0.329. The van der Waals surface area contributed by atoms with Gasteiger partial charge in [-0.25, -0.2) is 0 Å². The molecule has 2 heteroatoms. The second kappa shape index (κ2) is 3.35. The van der Waals surface area contributed by atoms with E-state index < -0.39 is 0 Å². The fourth-order valence-electron chi connectivity index (χ4n) is 1.35. The first kappa shape index (κ1) is 9.10. The van der Waals surface area contributed by atoms with Crippen LogP contribution in [0.2, 0.25) is 0 Å². The van der Waals surface area contributed by atoms with Crippen molar-refractivity contribution < 1.29 is 4.74 Å². The highest BCUT2D eigenvalue weighted by Crippen LogP contribution is 2.38. The minimum absolute atomic E-state index is 0.0232. The highest BCUT2D eigenvalue weighted by molar-refractivity contribution is 7.99. The van der Waals surface area contributed by atoms with Gasteiger partial charge in [0.15, 0.2) is 0 Å². The lowest BCUT2D eigenvalue weighted by Gasteiger charge is -2.05. The molecule has 1 saturated heterocycles. The number of thioether (sulfide) groups is 1. The Bertz CT molecular complexity index is 287. The summed E-state index contributed by atoms with van der Waals surface area (Å²) in [6, 6.07) is 8.70. The quantitative estimate of drug-likeness (QED) is 0.541. The molecule has 1 aromatic rings. The Morgan fingerprint density at radius 3 is 2.46 bits per heavy atom. The van der Waals surface area contributed by atoms with Gasteiger partial charge in [0, 0.05) is 4.90 Å². The Morgan fingerprint density at radius 1 is 1.38 bits per heavy atom. The van der Waals surface area contributed by atoms with Crippen LogP contribution in [-0.2, 0) is 10.3 Å². The molecule has 0 saturated carbocycles. The van der Waals surface area contributed by atoms with Gasteiger partial charge in [-0.05, 0) is 30.4 Å². The van der Waals surface area contributed by atoms with Gasteiger partial charge < -0.3 is 4.74 Å². The number of hydrogen-bond acceptors (Lipinski definition) is 2. The zero-order chi connectivity index (χ0) is 9.31. The summed E-state index contributed by atoms with van der Waals surface area (Å²) in [7, 11) is 0. The van der Waals surface area contributed by atoms with Crippen LogP contribution in [0.1, 0.15) is 19.4 Å². The molecular formula is C11H14OS. The molecule has 0 radical (unpaired) electrons. The van der Waals surface area contributed by atoms with Gasteiger partial charge in [-0.3, -0.25) is 0 Å². The van der Waals surface area contributed by atoms with Gasteiger partial charge >= 0.3 is 0 Å². The summed E-state index contributed by atoms with van der Waals surface area (Å²) < 4.78 is 5.38. The van der Waals surface area contributed by atoms with Gasteiger partial charge in [0.25, 0.3) is 0 Å². The Labute approximate surface area is 83.5 Å². The second-order valence-corrected chi connectivity index (χ2v) is 4.81. The molecule has 70 valence electrons. The summed E-state index contributed by atoms with van der Waals surface area (Å²) in [5.74, 6) is 1.13. The van der Waals surface area contributed by atoms with E-state index in [9.17, 15) is 0 Å². The summed E-state index contributed by atoms with van der Waals surface area (Å²) in [5, 5.41) is 0. The Kier molecular flexibility index (Phi) is 2.35. The molecule has 1 aliphatic rings. The van der Waals surface area contributed by atoms with E-state index in [1.807, 2.05) is 11.8 Å². The molecule has 1 heterocycles. The average molecular weight is 194 g/mol. The summed E-state index contributed by atoms with van der Waals surface area (Å²) in [6.07, 6.45) is 0. The van der Waals surface area contributed by atoms with E-state index in [-0.39, 0.29) is 5.60 Å². The molecule has 1 atom stereocenters. The highest BCUT2D eigenvalue weighted by Gasteiger charge is 2.40. The van der Waals surface area contributed by atoms with Crippen molar-refractivity contribution in [2.45, 2.75) is 24.3 Å². The molecule has 1 aromatic carbocycles. The summed E-state index contributed by atoms with van der Waals surface area (Å²) in [4.78, 5) is 1.34. The van der Waals surface area contributed by atoms with E-state index in [0.29, 0.717) is 0 Å². The first-order valence-electron chi connectivity index (χ1n) is 4.62. The van der Waals surface area contributed by atoms with Crippen LogP contribution in [0, 0.1) is 0 Å². The molecule has 1 unspecified atom stereocenters. The Hall–Kier alpha value is -0.470. The van der Waals surface area contributed by atoms with Gasteiger partial charge in [-0.1, -0.05) is 19.1 Å². The standard InChI is InChI=1S/C11H14OS/c1-3-13-10-6-4-9(5-7-10)11(2)8-12-11/h4-7H,3,8H2,1-2H3. The number of hydrogen-bond donors (Lipinski definition) is 0. The molecule has 0 aliphatic carbocycles. The van der Waals surface area contributed by atoms with Gasteiger partial charge in [0.2, 0.25) is 0 Å². The number of rotatable bonds is 3. The number of benzene rings is 1. The zero-order valence-corrected chi connectivity index (χ0v) is 8.86. The predicted molar refractivity (Wildman–Crippen MR) is 56.1 cm³/mol.